The number of rotatable bonds is 9. The molecule has 1 fully saturated rings. The molecule has 3 heterocycles. The Labute approximate surface area is 268 Å². The number of amides is 1. The Balaban J connectivity index is 1.34. The molecule has 0 radical (unpaired) electrons. The lowest BCUT2D eigenvalue weighted by Crippen LogP contribution is -2.33. The number of carbonyl (C=O) groups excluding carboxylic acids is 2. The average Bonchev–Trinajstić information content (AvgIpc) is 3.79. The summed E-state index contributed by atoms with van der Waals surface area (Å²) in [4.78, 5) is 46.0. The van der Waals surface area contributed by atoms with Gasteiger partial charge in [-0.1, -0.05) is 12.1 Å². The molecule has 0 bridgehead atoms. The molecule has 3 aromatic heterocycles. The number of anilines is 4. The smallest absolute Gasteiger partial charge is 0.407 e. The summed E-state index contributed by atoms with van der Waals surface area (Å²) in [5.74, 6) is -0.161. The highest BCUT2D eigenvalue weighted by Crippen LogP contribution is 2.34. The van der Waals surface area contributed by atoms with Crippen LogP contribution in [0.25, 0.3) is 22.2 Å². The number of nitrogens with zero attached hydrogens (tertiary/aromatic N) is 5. The molecular formula is C33H32N8O6. The maximum Gasteiger partial charge on any atom is 0.407 e. The summed E-state index contributed by atoms with van der Waals surface area (Å²) in [7, 11) is 3.04. The van der Waals surface area contributed by atoms with Crippen molar-refractivity contribution in [3.63, 3.8) is 0 Å². The van der Waals surface area contributed by atoms with Crippen molar-refractivity contribution in [2.24, 2.45) is 7.05 Å². The van der Waals surface area contributed by atoms with E-state index in [4.69, 9.17) is 13.9 Å². The molecule has 240 valence electrons. The zero-order chi connectivity index (χ0) is 33.1. The van der Waals surface area contributed by atoms with Gasteiger partial charge >= 0.3 is 17.8 Å². The Morgan fingerprint density at radius 2 is 1.85 bits per heavy atom. The number of benzene rings is 2. The fourth-order valence-corrected chi connectivity index (χ4v) is 5.83. The van der Waals surface area contributed by atoms with Gasteiger partial charge in [-0.3, -0.25) is 9.13 Å². The van der Waals surface area contributed by atoms with Crippen LogP contribution in [0, 0.1) is 11.3 Å². The van der Waals surface area contributed by atoms with Gasteiger partial charge in [0, 0.05) is 36.6 Å². The molecule has 6 rings (SSSR count). The number of hydrogen-bond acceptors (Lipinski definition) is 11. The Kier molecular flexibility index (Phi) is 8.61. The maximum absolute atomic E-state index is 13.4. The van der Waals surface area contributed by atoms with Crippen LogP contribution in [0.4, 0.5) is 28.0 Å². The molecule has 1 aliphatic rings. The predicted octanol–water partition coefficient (Wildman–Crippen LogP) is 5.38. The fourth-order valence-electron chi connectivity index (χ4n) is 5.83. The Morgan fingerprint density at radius 3 is 2.62 bits per heavy atom. The molecule has 3 N–H and O–H groups in total. The number of alkyl carbamates (subject to hydrolysis) is 1. The Morgan fingerprint density at radius 1 is 1.04 bits per heavy atom. The number of pyridine rings is 1. The van der Waals surface area contributed by atoms with E-state index in [0.717, 1.165) is 24.0 Å². The fraction of sp³-hybridized carbons (Fsp3) is 0.273. The summed E-state index contributed by atoms with van der Waals surface area (Å²) < 4.78 is 18.6. The molecule has 47 heavy (non-hydrogen) atoms. The minimum atomic E-state index is -0.619. The molecule has 5 aromatic rings. The molecule has 0 aliphatic heterocycles. The van der Waals surface area contributed by atoms with Gasteiger partial charge in [0.05, 0.1) is 48.8 Å². The van der Waals surface area contributed by atoms with E-state index in [0.29, 0.717) is 40.2 Å². The first-order valence-corrected chi connectivity index (χ1v) is 15.0. The number of esters is 1. The number of aromatic nitrogens is 4. The SMILES string of the molecule is CCOC(=O)c1cnc(Nc2cc(Nc3cc4c(cn3)n(C)c(=O)n4[C@@H]3CC[C@@H](NC(=O)OC)C3)cc(-c3cccc(C#N)c3)c2)o1. The normalized spacial score (nSPS) is 15.6. The first-order valence-electron chi connectivity index (χ1n) is 15.0. The number of imidazole rings is 1. The summed E-state index contributed by atoms with van der Waals surface area (Å²) in [6.45, 7) is 1.90. The van der Waals surface area contributed by atoms with Gasteiger partial charge in [0.2, 0.25) is 5.76 Å². The van der Waals surface area contributed by atoms with E-state index in [1.54, 1.807) is 47.5 Å². The molecule has 14 nitrogen and oxygen atoms in total. The first-order chi connectivity index (χ1) is 22.8. The van der Waals surface area contributed by atoms with Crippen molar-refractivity contribution < 1.29 is 23.5 Å². The highest BCUT2D eigenvalue weighted by Gasteiger charge is 2.30. The van der Waals surface area contributed by atoms with Crippen LogP contribution >= 0.6 is 0 Å². The van der Waals surface area contributed by atoms with Gasteiger partial charge < -0.3 is 29.8 Å². The van der Waals surface area contributed by atoms with E-state index in [2.05, 4.69) is 32.0 Å². The minimum Gasteiger partial charge on any atom is -0.460 e. The van der Waals surface area contributed by atoms with Crippen LogP contribution in [0.1, 0.15) is 48.3 Å². The Hall–Kier alpha value is -6.10. The van der Waals surface area contributed by atoms with Crippen LogP contribution in [0.5, 0.6) is 0 Å². The van der Waals surface area contributed by atoms with Crippen molar-refractivity contribution >= 4 is 46.3 Å². The molecule has 0 spiro atoms. The van der Waals surface area contributed by atoms with Crippen molar-refractivity contribution in [2.45, 2.75) is 38.3 Å². The molecule has 2 aromatic carbocycles. The standard InChI is InChI=1S/C33H32N8O6/c1-4-46-30(42)28-18-36-31(47-28)38-24-12-21(20-7-5-6-19(10-20)16-34)11-23(13-24)37-29-15-26-27(17-35-29)40(2)33(44)41(26)25-9-8-22(14-25)39-32(43)45-3/h5-7,10-13,15,17-18,22,25H,4,8-9,14H2,1-3H3,(H,35,37)(H,36,38)(H,39,43)/t22-,25-/m1/s1. The van der Waals surface area contributed by atoms with Crippen LogP contribution in [0.3, 0.4) is 0 Å². The summed E-state index contributed by atoms with van der Waals surface area (Å²) in [6, 6.07) is 16.7. The maximum atomic E-state index is 13.4. The number of hydrogen-bond donors (Lipinski definition) is 3. The van der Waals surface area contributed by atoms with Crippen molar-refractivity contribution in [2.75, 3.05) is 24.4 Å². The van der Waals surface area contributed by atoms with Crippen LogP contribution in [0.2, 0.25) is 0 Å². The summed E-state index contributed by atoms with van der Waals surface area (Å²) in [5, 5.41) is 18.8. The van der Waals surface area contributed by atoms with Gasteiger partial charge in [0.25, 0.3) is 6.01 Å². The van der Waals surface area contributed by atoms with E-state index in [1.165, 1.54) is 13.3 Å². The number of fused-ring (bicyclic) bond motifs is 1. The van der Waals surface area contributed by atoms with Gasteiger partial charge in [-0.2, -0.15) is 5.26 Å². The van der Waals surface area contributed by atoms with Crippen molar-refractivity contribution in [3.8, 4) is 17.2 Å². The summed E-state index contributed by atoms with van der Waals surface area (Å²) in [6.07, 6.45) is 4.48. The third-order valence-corrected chi connectivity index (χ3v) is 8.02. The zero-order valence-electron chi connectivity index (χ0n) is 25.9. The molecule has 1 aliphatic carbocycles. The van der Waals surface area contributed by atoms with E-state index in [-0.39, 0.29) is 36.2 Å². The molecule has 0 saturated heterocycles. The van der Waals surface area contributed by atoms with Crippen molar-refractivity contribution in [1.29, 1.82) is 5.26 Å². The van der Waals surface area contributed by atoms with Gasteiger partial charge in [-0.05, 0) is 67.6 Å². The lowest BCUT2D eigenvalue weighted by atomic mass is 10.0. The lowest BCUT2D eigenvalue weighted by molar-refractivity contribution is 0.0491. The lowest BCUT2D eigenvalue weighted by Gasteiger charge is -2.15. The third kappa shape index (κ3) is 6.50. The average molecular weight is 637 g/mol. The molecule has 14 heteroatoms. The second-order valence-corrected chi connectivity index (χ2v) is 11.1. The zero-order valence-corrected chi connectivity index (χ0v) is 25.9. The number of oxazole rings is 1. The Bertz CT molecular complexity index is 2070. The molecule has 1 amide bonds. The quantitative estimate of drug-likeness (QED) is 0.177. The molecule has 1 saturated carbocycles. The van der Waals surface area contributed by atoms with Gasteiger partial charge in [0.1, 0.15) is 5.82 Å². The molecule has 0 unspecified atom stereocenters. The topological polar surface area (TPSA) is 178 Å². The number of nitriles is 1. The van der Waals surface area contributed by atoms with E-state index >= 15 is 0 Å². The van der Waals surface area contributed by atoms with Crippen molar-refractivity contribution in [3.05, 3.63) is 82.7 Å². The van der Waals surface area contributed by atoms with E-state index in [9.17, 15) is 19.6 Å². The number of aryl methyl sites for hydroxylation is 1. The minimum absolute atomic E-state index is 0.0355. The molecular weight excluding hydrogens is 604 g/mol. The first kappa shape index (κ1) is 30.9. The van der Waals surface area contributed by atoms with Crippen LogP contribution in [-0.4, -0.2) is 50.9 Å². The summed E-state index contributed by atoms with van der Waals surface area (Å²) in [5.41, 5.74) is 4.53. The van der Waals surface area contributed by atoms with Gasteiger partial charge in [-0.25, -0.2) is 24.4 Å². The largest absolute Gasteiger partial charge is 0.460 e. The third-order valence-electron chi connectivity index (χ3n) is 8.02. The van der Waals surface area contributed by atoms with Crippen LogP contribution < -0.4 is 21.6 Å². The van der Waals surface area contributed by atoms with Gasteiger partial charge in [-0.15, -0.1) is 0 Å². The van der Waals surface area contributed by atoms with Crippen LogP contribution in [0.15, 0.2) is 70.1 Å². The monoisotopic (exact) mass is 636 g/mol. The van der Waals surface area contributed by atoms with E-state index in [1.807, 2.05) is 30.3 Å². The second kappa shape index (κ2) is 13.1. The number of nitrogens with one attached hydrogen (secondary N) is 3. The molecule has 2 atom stereocenters. The van der Waals surface area contributed by atoms with Crippen molar-refractivity contribution in [1.82, 2.24) is 24.4 Å². The predicted molar refractivity (Wildman–Crippen MR) is 173 cm³/mol. The van der Waals surface area contributed by atoms with E-state index < -0.39 is 12.1 Å². The number of carbonyl (C=O) groups is 2. The number of methoxy groups -OCH3 is 1. The second-order valence-electron chi connectivity index (χ2n) is 11.1. The highest BCUT2D eigenvalue weighted by atomic mass is 16.5. The number of ether oxygens (including phenoxy) is 2. The summed E-state index contributed by atoms with van der Waals surface area (Å²) >= 11 is 0. The van der Waals surface area contributed by atoms with Crippen LogP contribution in [-0.2, 0) is 16.5 Å². The highest BCUT2D eigenvalue weighted by molar-refractivity contribution is 5.86. The van der Waals surface area contributed by atoms with Gasteiger partial charge in [0.15, 0.2) is 0 Å².